The minimum Gasteiger partial charge on any atom is -0.478 e. The highest BCUT2D eigenvalue weighted by Crippen LogP contribution is 2.40. The summed E-state index contributed by atoms with van der Waals surface area (Å²) in [5.74, 6) is -0.896. The second-order valence-corrected chi connectivity index (χ2v) is 9.13. The number of ether oxygens (including phenoxy) is 2. The highest BCUT2D eigenvalue weighted by Gasteiger charge is 2.40. The predicted octanol–water partition coefficient (Wildman–Crippen LogP) is 5.01. The van der Waals surface area contributed by atoms with E-state index in [1.807, 2.05) is 4.90 Å². The van der Waals surface area contributed by atoms with Crippen LogP contribution in [0.4, 0.5) is 13.2 Å². The van der Waals surface area contributed by atoms with Gasteiger partial charge in [0.1, 0.15) is 18.1 Å². The number of benzene rings is 2. The molecule has 2 aromatic carbocycles. The van der Waals surface area contributed by atoms with Crippen LogP contribution in [-0.4, -0.2) is 55.9 Å². The predicted molar refractivity (Wildman–Crippen MR) is 126 cm³/mol. The third-order valence-corrected chi connectivity index (χ3v) is 6.60. The lowest BCUT2D eigenvalue weighted by atomic mass is 10.00. The molecule has 0 spiro atoms. The average molecular weight is 509 g/mol. The van der Waals surface area contributed by atoms with Crippen molar-refractivity contribution in [2.24, 2.45) is 0 Å². The fourth-order valence-electron chi connectivity index (χ4n) is 4.58. The van der Waals surface area contributed by atoms with Crippen molar-refractivity contribution in [1.82, 2.24) is 9.80 Å². The second-order valence-electron chi connectivity index (χ2n) is 8.69. The van der Waals surface area contributed by atoms with Gasteiger partial charge in [-0.1, -0.05) is 23.7 Å². The maximum Gasteiger partial charge on any atom is 0.450 e. The Morgan fingerprint density at radius 2 is 1.69 bits per heavy atom. The van der Waals surface area contributed by atoms with E-state index in [1.54, 1.807) is 6.07 Å². The number of alkyl halides is 3. The number of nitrogens with zero attached hydrogens (tertiary/aromatic N) is 2. The zero-order valence-corrected chi connectivity index (χ0v) is 19.6. The van der Waals surface area contributed by atoms with Crippen molar-refractivity contribution in [2.45, 2.75) is 19.1 Å². The fourth-order valence-corrected chi connectivity index (χ4v) is 4.70. The molecule has 0 bridgehead atoms. The zero-order chi connectivity index (χ0) is 24.6. The Labute approximate surface area is 204 Å². The summed E-state index contributed by atoms with van der Waals surface area (Å²) in [6.07, 6.45) is -3.99. The van der Waals surface area contributed by atoms with Gasteiger partial charge in [-0.25, -0.2) is 0 Å². The fraction of sp³-hybridized carbons (Fsp3) is 0.400. The molecule has 0 unspecified atom stereocenters. The SMILES string of the molecule is O=c1c(-c2ccc(Cl)cc2)c(C(F)(F)F)oc2c3c(ccc12)OCN(CCCN1CCOCC1)C3. The van der Waals surface area contributed by atoms with Gasteiger partial charge in [-0.2, -0.15) is 13.2 Å². The van der Waals surface area contributed by atoms with Gasteiger partial charge in [0, 0.05) is 31.2 Å². The summed E-state index contributed by atoms with van der Waals surface area (Å²) >= 11 is 5.89. The molecule has 0 atom stereocenters. The summed E-state index contributed by atoms with van der Waals surface area (Å²) in [6.45, 7) is 5.50. The van der Waals surface area contributed by atoms with E-state index >= 15 is 0 Å². The van der Waals surface area contributed by atoms with Crippen molar-refractivity contribution < 1.29 is 27.1 Å². The van der Waals surface area contributed by atoms with Crippen molar-refractivity contribution >= 4 is 22.6 Å². The van der Waals surface area contributed by atoms with E-state index in [-0.39, 0.29) is 16.5 Å². The third-order valence-electron chi connectivity index (χ3n) is 6.35. The molecule has 2 aliphatic heterocycles. The molecule has 3 heterocycles. The van der Waals surface area contributed by atoms with Gasteiger partial charge in [-0.3, -0.25) is 14.6 Å². The van der Waals surface area contributed by atoms with Gasteiger partial charge in [0.15, 0.2) is 0 Å². The molecule has 1 saturated heterocycles. The van der Waals surface area contributed by atoms with E-state index in [4.69, 9.17) is 25.5 Å². The Morgan fingerprint density at radius 1 is 0.971 bits per heavy atom. The van der Waals surface area contributed by atoms with Crippen molar-refractivity contribution in [1.29, 1.82) is 0 Å². The molecule has 186 valence electrons. The van der Waals surface area contributed by atoms with Gasteiger partial charge in [0.2, 0.25) is 11.2 Å². The standard InChI is InChI=1S/C25H24ClF3N2O4/c26-17-4-2-16(3-5-17)21-22(32)18-6-7-20-19(23(18)35-24(21)25(27,28)29)14-31(15-34-20)9-1-8-30-10-12-33-13-11-30/h2-7H,1,8-15H2. The Bertz CT molecular complexity index is 1270. The minimum absolute atomic E-state index is 0.0838. The van der Waals surface area contributed by atoms with Crippen LogP contribution in [0.3, 0.4) is 0 Å². The summed E-state index contributed by atoms with van der Waals surface area (Å²) in [5, 5.41) is 0.438. The van der Waals surface area contributed by atoms with Gasteiger partial charge in [0.25, 0.3) is 0 Å². The number of hydrogen-bond acceptors (Lipinski definition) is 6. The van der Waals surface area contributed by atoms with Gasteiger partial charge in [-0.05, 0) is 42.8 Å². The van der Waals surface area contributed by atoms with Crippen LogP contribution in [0, 0.1) is 0 Å². The molecule has 6 nitrogen and oxygen atoms in total. The third kappa shape index (κ3) is 5.04. The highest BCUT2D eigenvalue weighted by molar-refractivity contribution is 6.30. The smallest absolute Gasteiger partial charge is 0.450 e. The molecule has 1 fully saturated rings. The van der Waals surface area contributed by atoms with Crippen LogP contribution in [0.25, 0.3) is 22.1 Å². The maximum absolute atomic E-state index is 14.1. The van der Waals surface area contributed by atoms with E-state index in [0.29, 0.717) is 36.2 Å². The van der Waals surface area contributed by atoms with Gasteiger partial charge in [0.05, 0.1) is 29.7 Å². The summed E-state index contributed by atoms with van der Waals surface area (Å²) in [7, 11) is 0. The molecule has 0 saturated carbocycles. The van der Waals surface area contributed by atoms with Crippen LogP contribution in [0.2, 0.25) is 5.02 Å². The van der Waals surface area contributed by atoms with Crippen molar-refractivity contribution in [3.8, 4) is 16.9 Å². The number of halogens is 4. The van der Waals surface area contributed by atoms with Crippen LogP contribution in [-0.2, 0) is 17.5 Å². The highest BCUT2D eigenvalue weighted by atomic mass is 35.5. The molecule has 5 rings (SSSR count). The lowest BCUT2D eigenvalue weighted by Gasteiger charge is -2.31. The monoisotopic (exact) mass is 508 g/mol. The molecule has 2 aliphatic rings. The number of fused-ring (bicyclic) bond motifs is 3. The molecular weight excluding hydrogens is 485 g/mol. The summed E-state index contributed by atoms with van der Waals surface area (Å²) in [6, 6.07) is 8.74. The quantitative estimate of drug-likeness (QED) is 0.483. The maximum atomic E-state index is 14.1. The molecule has 3 aromatic rings. The van der Waals surface area contributed by atoms with E-state index in [1.165, 1.54) is 30.3 Å². The normalized spacial score (nSPS) is 17.4. The van der Waals surface area contributed by atoms with E-state index in [9.17, 15) is 18.0 Å². The van der Waals surface area contributed by atoms with Gasteiger partial charge >= 0.3 is 6.18 Å². The lowest BCUT2D eigenvalue weighted by Crippen LogP contribution is -2.39. The van der Waals surface area contributed by atoms with Crippen LogP contribution in [0.15, 0.2) is 45.6 Å². The largest absolute Gasteiger partial charge is 0.478 e. The molecule has 35 heavy (non-hydrogen) atoms. The Hall–Kier alpha value is -2.59. The zero-order valence-electron chi connectivity index (χ0n) is 18.9. The van der Waals surface area contributed by atoms with E-state index in [2.05, 4.69) is 4.90 Å². The molecule has 0 amide bonds. The molecule has 0 N–H and O–H groups in total. The van der Waals surface area contributed by atoms with Crippen molar-refractivity contribution in [2.75, 3.05) is 46.1 Å². The van der Waals surface area contributed by atoms with Crippen LogP contribution in [0.5, 0.6) is 5.75 Å². The molecule has 1 aromatic heterocycles. The second kappa shape index (κ2) is 9.81. The number of hydrogen-bond donors (Lipinski definition) is 0. The Morgan fingerprint density at radius 3 is 2.40 bits per heavy atom. The van der Waals surface area contributed by atoms with Crippen LogP contribution >= 0.6 is 11.6 Å². The average Bonchev–Trinajstić information content (AvgIpc) is 2.84. The Balaban J connectivity index is 1.48. The van der Waals surface area contributed by atoms with Crippen LogP contribution < -0.4 is 10.2 Å². The van der Waals surface area contributed by atoms with Gasteiger partial charge < -0.3 is 13.9 Å². The first kappa shape index (κ1) is 24.1. The summed E-state index contributed by atoms with van der Waals surface area (Å²) in [5.41, 5.74) is -0.814. The number of morpholine rings is 1. The summed E-state index contributed by atoms with van der Waals surface area (Å²) < 4.78 is 58.8. The first-order chi connectivity index (χ1) is 16.8. The summed E-state index contributed by atoms with van der Waals surface area (Å²) in [4.78, 5) is 17.7. The first-order valence-corrected chi connectivity index (χ1v) is 11.8. The Kier molecular flexibility index (Phi) is 6.76. The molecular formula is C25H24ClF3N2O4. The number of rotatable bonds is 5. The van der Waals surface area contributed by atoms with Crippen molar-refractivity contribution in [3.63, 3.8) is 0 Å². The first-order valence-electron chi connectivity index (χ1n) is 11.4. The molecule has 0 radical (unpaired) electrons. The topological polar surface area (TPSA) is 55.2 Å². The lowest BCUT2D eigenvalue weighted by molar-refractivity contribution is -0.152. The van der Waals surface area contributed by atoms with Gasteiger partial charge in [-0.15, -0.1) is 0 Å². The van der Waals surface area contributed by atoms with E-state index in [0.717, 1.165) is 39.3 Å². The molecule has 0 aliphatic carbocycles. The minimum atomic E-state index is -4.86. The van der Waals surface area contributed by atoms with E-state index < -0.39 is 22.9 Å². The van der Waals surface area contributed by atoms with Crippen molar-refractivity contribution in [3.05, 3.63) is 63.0 Å². The van der Waals surface area contributed by atoms with Crippen LogP contribution in [0.1, 0.15) is 17.7 Å². The molecule has 10 heteroatoms.